The zero-order valence-corrected chi connectivity index (χ0v) is 10.2. The van der Waals surface area contributed by atoms with Gasteiger partial charge in [0.1, 0.15) is 0 Å². The van der Waals surface area contributed by atoms with Gasteiger partial charge in [-0.3, -0.25) is 4.79 Å². The van der Waals surface area contributed by atoms with E-state index in [-0.39, 0.29) is 11.9 Å². The number of hydrogen-bond donors (Lipinski definition) is 3. The molecule has 98 valence electrons. The predicted octanol–water partition coefficient (Wildman–Crippen LogP) is -0.0860. The van der Waals surface area contributed by atoms with E-state index in [9.17, 15) is 9.90 Å². The number of ether oxygens (including phenoxy) is 1. The van der Waals surface area contributed by atoms with Gasteiger partial charge in [0.25, 0.3) is 0 Å². The van der Waals surface area contributed by atoms with Crippen molar-refractivity contribution in [3.05, 3.63) is 0 Å². The number of aliphatic hydroxyl groups excluding tert-OH is 1. The minimum atomic E-state index is -0.810. The molecule has 0 aromatic carbocycles. The van der Waals surface area contributed by atoms with E-state index in [1.54, 1.807) is 0 Å². The Kier molecular flexibility index (Phi) is 4.01. The first kappa shape index (κ1) is 12.8. The Hall–Kier alpha value is -0.650. The Balaban J connectivity index is 1.90. The highest BCUT2D eigenvalue weighted by Crippen LogP contribution is 2.21. The molecule has 0 bridgehead atoms. The van der Waals surface area contributed by atoms with E-state index in [1.165, 1.54) is 0 Å². The number of aliphatic hydroxyl groups is 1. The molecule has 1 saturated heterocycles. The Morgan fingerprint density at radius 2 is 1.94 bits per heavy atom. The molecule has 0 spiro atoms. The van der Waals surface area contributed by atoms with Crippen molar-refractivity contribution in [3.8, 4) is 0 Å². The van der Waals surface area contributed by atoms with Crippen molar-refractivity contribution >= 4 is 5.91 Å². The lowest BCUT2D eigenvalue weighted by atomic mass is 9.88. The average Bonchev–Trinajstić information content (AvgIpc) is 2.33. The van der Waals surface area contributed by atoms with Gasteiger partial charge in [0.15, 0.2) is 0 Å². The molecule has 2 aliphatic rings. The Morgan fingerprint density at radius 1 is 1.29 bits per heavy atom. The first-order valence-corrected chi connectivity index (χ1v) is 6.47. The molecule has 1 heterocycles. The topological polar surface area (TPSA) is 84.6 Å². The number of nitrogens with two attached hydrogens (primary N) is 1. The lowest BCUT2D eigenvalue weighted by molar-refractivity contribution is -0.131. The summed E-state index contributed by atoms with van der Waals surface area (Å²) in [5.41, 5.74) is 5.28. The zero-order valence-electron chi connectivity index (χ0n) is 10.2. The van der Waals surface area contributed by atoms with E-state index in [1.807, 2.05) is 0 Å². The summed E-state index contributed by atoms with van der Waals surface area (Å²) in [6, 6.07) is -0.125. The molecular formula is C12H22N2O3. The maximum atomic E-state index is 12.1. The second-order valence-electron chi connectivity index (χ2n) is 5.20. The van der Waals surface area contributed by atoms with Crippen molar-refractivity contribution in [1.82, 2.24) is 5.32 Å². The van der Waals surface area contributed by atoms with Crippen LogP contribution in [0.2, 0.25) is 0 Å². The Bertz CT molecular complexity index is 277. The third kappa shape index (κ3) is 2.97. The molecule has 2 atom stereocenters. The molecule has 1 aliphatic carbocycles. The van der Waals surface area contributed by atoms with Gasteiger partial charge in [0, 0.05) is 13.2 Å². The van der Waals surface area contributed by atoms with Crippen molar-refractivity contribution in [3.63, 3.8) is 0 Å². The molecular weight excluding hydrogens is 220 g/mol. The second kappa shape index (κ2) is 5.33. The standard InChI is InChI=1S/C12H22N2O3/c13-12(5-7-17-8-6-12)11(16)14-9-3-1-2-4-10(9)15/h9-10,15H,1-8,13H2,(H,14,16)/t9-,10-/m1/s1. The fourth-order valence-corrected chi connectivity index (χ4v) is 2.55. The van der Waals surface area contributed by atoms with Gasteiger partial charge in [-0.15, -0.1) is 0 Å². The molecule has 1 amide bonds. The molecule has 5 heteroatoms. The highest BCUT2D eigenvalue weighted by molar-refractivity contribution is 5.86. The maximum Gasteiger partial charge on any atom is 0.240 e. The number of hydrogen-bond acceptors (Lipinski definition) is 4. The fourth-order valence-electron chi connectivity index (χ4n) is 2.55. The summed E-state index contributed by atoms with van der Waals surface area (Å²) in [7, 11) is 0. The molecule has 2 rings (SSSR count). The second-order valence-corrected chi connectivity index (χ2v) is 5.20. The molecule has 0 aromatic rings. The lowest BCUT2D eigenvalue weighted by Crippen LogP contribution is -2.60. The molecule has 5 nitrogen and oxygen atoms in total. The number of rotatable bonds is 2. The third-order valence-corrected chi connectivity index (χ3v) is 3.88. The van der Waals surface area contributed by atoms with Crippen molar-refractivity contribution in [2.45, 2.75) is 56.2 Å². The quantitative estimate of drug-likeness (QED) is 0.632. The van der Waals surface area contributed by atoms with Crippen LogP contribution in [0.25, 0.3) is 0 Å². The van der Waals surface area contributed by atoms with Gasteiger partial charge in [-0.1, -0.05) is 12.8 Å². The van der Waals surface area contributed by atoms with Gasteiger partial charge < -0.3 is 20.9 Å². The van der Waals surface area contributed by atoms with Crippen LogP contribution in [0.3, 0.4) is 0 Å². The van der Waals surface area contributed by atoms with Gasteiger partial charge in [0.2, 0.25) is 5.91 Å². The van der Waals surface area contributed by atoms with Crippen LogP contribution in [-0.4, -0.2) is 41.9 Å². The van der Waals surface area contributed by atoms with Crippen LogP contribution in [0.5, 0.6) is 0 Å². The van der Waals surface area contributed by atoms with E-state index < -0.39 is 11.6 Å². The van der Waals surface area contributed by atoms with Crippen molar-refractivity contribution < 1.29 is 14.6 Å². The van der Waals surface area contributed by atoms with Crippen LogP contribution in [-0.2, 0) is 9.53 Å². The third-order valence-electron chi connectivity index (χ3n) is 3.88. The van der Waals surface area contributed by atoms with E-state index in [2.05, 4.69) is 5.32 Å². The molecule has 1 aliphatic heterocycles. The van der Waals surface area contributed by atoms with Crippen LogP contribution in [0.4, 0.5) is 0 Å². The monoisotopic (exact) mass is 242 g/mol. The molecule has 0 unspecified atom stereocenters. The maximum absolute atomic E-state index is 12.1. The SMILES string of the molecule is NC1(C(=O)N[C@@H]2CCCC[C@H]2O)CCOCC1. The van der Waals surface area contributed by atoms with Crippen LogP contribution in [0.1, 0.15) is 38.5 Å². The Morgan fingerprint density at radius 3 is 2.59 bits per heavy atom. The van der Waals surface area contributed by atoms with E-state index in [0.29, 0.717) is 26.1 Å². The summed E-state index contributed by atoms with van der Waals surface area (Å²) in [4.78, 5) is 12.1. The lowest BCUT2D eigenvalue weighted by Gasteiger charge is -2.35. The van der Waals surface area contributed by atoms with Crippen molar-refractivity contribution in [2.24, 2.45) is 5.73 Å². The highest BCUT2D eigenvalue weighted by Gasteiger charge is 2.38. The Labute approximate surface area is 102 Å². The van der Waals surface area contributed by atoms with Gasteiger partial charge in [-0.2, -0.15) is 0 Å². The van der Waals surface area contributed by atoms with Crippen LogP contribution < -0.4 is 11.1 Å². The number of carbonyl (C=O) groups excluding carboxylic acids is 1. The van der Waals surface area contributed by atoms with Gasteiger partial charge in [0.05, 0.1) is 17.7 Å². The molecule has 17 heavy (non-hydrogen) atoms. The summed E-state index contributed by atoms with van der Waals surface area (Å²) < 4.78 is 5.22. The first-order chi connectivity index (χ1) is 8.12. The molecule has 1 saturated carbocycles. The number of amides is 1. The van der Waals surface area contributed by atoms with E-state index in [0.717, 1.165) is 25.7 Å². The van der Waals surface area contributed by atoms with E-state index in [4.69, 9.17) is 10.5 Å². The largest absolute Gasteiger partial charge is 0.391 e. The fraction of sp³-hybridized carbons (Fsp3) is 0.917. The summed E-state index contributed by atoms with van der Waals surface area (Å²) in [5.74, 6) is -0.133. The van der Waals surface area contributed by atoms with Crippen LogP contribution in [0, 0.1) is 0 Å². The summed E-state index contributed by atoms with van der Waals surface area (Å²) >= 11 is 0. The van der Waals surface area contributed by atoms with E-state index >= 15 is 0 Å². The predicted molar refractivity (Wildman–Crippen MR) is 63.4 cm³/mol. The minimum absolute atomic E-state index is 0.125. The zero-order chi connectivity index (χ0) is 12.3. The van der Waals surface area contributed by atoms with Gasteiger partial charge in [-0.05, 0) is 25.7 Å². The minimum Gasteiger partial charge on any atom is -0.391 e. The smallest absolute Gasteiger partial charge is 0.240 e. The summed E-state index contributed by atoms with van der Waals surface area (Å²) in [5, 5.41) is 12.7. The van der Waals surface area contributed by atoms with Gasteiger partial charge >= 0.3 is 0 Å². The van der Waals surface area contributed by atoms with Crippen LogP contribution in [0.15, 0.2) is 0 Å². The molecule has 2 fully saturated rings. The normalized spacial score (nSPS) is 33.1. The summed E-state index contributed by atoms with van der Waals surface area (Å²) in [6.45, 7) is 1.08. The highest BCUT2D eigenvalue weighted by atomic mass is 16.5. The molecule has 0 aromatic heterocycles. The molecule has 4 N–H and O–H groups in total. The first-order valence-electron chi connectivity index (χ1n) is 6.47. The summed E-state index contributed by atoms with van der Waals surface area (Å²) in [6.07, 6.45) is 4.41. The molecule has 0 radical (unpaired) electrons. The van der Waals surface area contributed by atoms with Crippen LogP contribution >= 0.6 is 0 Å². The number of carbonyl (C=O) groups is 1. The number of nitrogens with one attached hydrogen (secondary N) is 1. The average molecular weight is 242 g/mol. The van der Waals surface area contributed by atoms with Crippen molar-refractivity contribution in [2.75, 3.05) is 13.2 Å². The van der Waals surface area contributed by atoms with Crippen molar-refractivity contribution in [1.29, 1.82) is 0 Å². The van der Waals surface area contributed by atoms with Gasteiger partial charge in [-0.25, -0.2) is 0 Å².